The molecule has 0 aromatic rings. The molecule has 0 aliphatic rings. The summed E-state index contributed by atoms with van der Waals surface area (Å²) in [7, 11) is -4.60. The Morgan fingerprint density at radius 2 is 1.17 bits per heavy atom. The molecule has 0 radical (unpaired) electrons. The maximum absolute atomic E-state index is 10.8. The van der Waals surface area contributed by atoms with E-state index in [4.69, 9.17) is 0 Å². The minimum atomic E-state index is -4.60. The van der Waals surface area contributed by atoms with Crippen molar-refractivity contribution >= 4 is 10.4 Å². The molecule has 1 atom stereocenters. The van der Waals surface area contributed by atoms with E-state index in [1.807, 2.05) is 0 Å². The Kier molecular flexibility index (Phi) is 27.7. The molecule has 0 heterocycles. The molecule has 0 bridgehead atoms. The van der Waals surface area contributed by atoms with Gasteiger partial charge in [-0.3, -0.25) is 4.18 Å². The zero-order chi connectivity index (χ0) is 21.6. The largest absolute Gasteiger partial charge is 1.00 e. The van der Waals surface area contributed by atoms with Crippen LogP contribution in [-0.2, 0) is 14.6 Å². The maximum Gasteiger partial charge on any atom is 1.00 e. The Hall–Kier alpha value is 1.25. The predicted molar refractivity (Wildman–Crippen MR) is 123 cm³/mol. The standard InChI is InChI=1S/C24H48O4S.K/c1-3-5-7-9-11-12-13-14-16-18-20-22-24(23-28-29(25,26)27)21-19-17-15-10-8-6-4-2;/h19,21,24H,3-18,20,22-23H2,1-2H3,(H,25,26,27);/q;+1/p-1/b21-19+;. The van der Waals surface area contributed by atoms with Crippen molar-refractivity contribution in [2.45, 2.75) is 129 Å². The van der Waals surface area contributed by atoms with Crippen LogP contribution in [0.15, 0.2) is 12.2 Å². The van der Waals surface area contributed by atoms with Crippen molar-refractivity contribution in [3.8, 4) is 0 Å². The van der Waals surface area contributed by atoms with Gasteiger partial charge in [0.1, 0.15) is 0 Å². The van der Waals surface area contributed by atoms with Crippen LogP contribution < -0.4 is 51.4 Å². The zero-order valence-corrected chi connectivity index (χ0v) is 24.1. The third-order valence-corrected chi connectivity index (χ3v) is 5.91. The summed E-state index contributed by atoms with van der Waals surface area (Å²) >= 11 is 0. The average Bonchev–Trinajstić information content (AvgIpc) is 2.68. The Labute approximate surface area is 230 Å². The summed E-state index contributed by atoms with van der Waals surface area (Å²) in [6.07, 6.45) is 26.6. The first kappa shape index (κ1) is 33.4. The zero-order valence-electron chi connectivity index (χ0n) is 20.2. The van der Waals surface area contributed by atoms with E-state index in [0.29, 0.717) is 0 Å². The van der Waals surface area contributed by atoms with Crippen LogP contribution in [0.25, 0.3) is 0 Å². The van der Waals surface area contributed by atoms with Crippen molar-refractivity contribution in [2.75, 3.05) is 6.61 Å². The molecule has 0 aromatic heterocycles. The molecule has 0 saturated carbocycles. The van der Waals surface area contributed by atoms with Gasteiger partial charge in [-0.15, -0.1) is 0 Å². The van der Waals surface area contributed by atoms with Gasteiger partial charge in [0.05, 0.1) is 6.61 Å². The second-order valence-electron chi connectivity index (χ2n) is 8.41. The van der Waals surface area contributed by atoms with Crippen LogP contribution in [-0.4, -0.2) is 19.6 Å². The van der Waals surface area contributed by atoms with Gasteiger partial charge in [-0.1, -0.05) is 122 Å². The second-order valence-corrected chi connectivity index (χ2v) is 9.46. The van der Waals surface area contributed by atoms with Crippen molar-refractivity contribution in [2.24, 2.45) is 5.92 Å². The Morgan fingerprint density at radius 3 is 1.63 bits per heavy atom. The fourth-order valence-electron chi connectivity index (χ4n) is 3.63. The summed E-state index contributed by atoms with van der Waals surface area (Å²) in [5.41, 5.74) is 0. The van der Waals surface area contributed by atoms with Gasteiger partial charge < -0.3 is 4.55 Å². The Bertz CT molecular complexity index is 466. The Balaban J connectivity index is 0. The molecule has 0 saturated heterocycles. The molecule has 0 N–H and O–H groups in total. The van der Waals surface area contributed by atoms with Crippen molar-refractivity contribution in [1.29, 1.82) is 0 Å². The van der Waals surface area contributed by atoms with E-state index in [1.165, 1.54) is 96.3 Å². The van der Waals surface area contributed by atoms with E-state index >= 15 is 0 Å². The molecule has 0 rings (SSSR count). The topological polar surface area (TPSA) is 66.4 Å². The molecule has 0 aromatic carbocycles. The van der Waals surface area contributed by atoms with E-state index in [2.05, 4.69) is 30.2 Å². The first-order valence-corrected chi connectivity index (χ1v) is 13.6. The molecule has 6 heteroatoms. The van der Waals surface area contributed by atoms with Gasteiger partial charge in [0.15, 0.2) is 0 Å². The number of hydrogen-bond acceptors (Lipinski definition) is 4. The first-order valence-electron chi connectivity index (χ1n) is 12.3. The molecule has 0 aliphatic heterocycles. The predicted octanol–water partition coefficient (Wildman–Crippen LogP) is 4.70. The van der Waals surface area contributed by atoms with Gasteiger partial charge in [-0.05, 0) is 19.3 Å². The van der Waals surface area contributed by atoms with E-state index in [9.17, 15) is 13.0 Å². The van der Waals surface area contributed by atoms with Crippen LogP contribution in [0.3, 0.4) is 0 Å². The average molecular weight is 471 g/mol. The summed E-state index contributed by atoms with van der Waals surface area (Å²) < 4.78 is 36.8. The molecular formula is C24H47KO4S. The maximum atomic E-state index is 10.8. The van der Waals surface area contributed by atoms with Gasteiger partial charge in [0.25, 0.3) is 0 Å². The molecule has 0 spiro atoms. The van der Waals surface area contributed by atoms with Gasteiger partial charge in [-0.25, -0.2) is 8.42 Å². The van der Waals surface area contributed by atoms with Crippen LogP contribution in [0.1, 0.15) is 129 Å². The van der Waals surface area contributed by atoms with Crippen LogP contribution >= 0.6 is 0 Å². The minimum Gasteiger partial charge on any atom is -0.726 e. The van der Waals surface area contributed by atoms with Crippen LogP contribution in [0.5, 0.6) is 0 Å². The Morgan fingerprint density at radius 1 is 0.733 bits per heavy atom. The van der Waals surface area contributed by atoms with E-state index < -0.39 is 10.4 Å². The van der Waals surface area contributed by atoms with Gasteiger partial charge in [0.2, 0.25) is 10.4 Å². The van der Waals surface area contributed by atoms with Crippen LogP contribution in [0.2, 0.25) is 0 Å². The van der Waals surface area contributed by atoms with Crippen molar-refractivity contribution in [3.63, 3.8) is 0 Å². The molecular weight excluding hydrogens is 423 g/mol. The third-order valence-electron chi connectivity index (χ3n) is 5.49. The fraction of sp³-hybridized carbons (Fsp3) is 0.917. The van der Waals surface area contributed by atoms with Crippen molar-refractivity contribution in [3.05, 3.63) is 12.2 Å². The van der Waals surface area contributed by atoms with Crippen molar-refractivity contribution in [1.82, 2.24) is 0 Å². The normalized spacial score (nSPS) is 12.9. The van der Waals surface area contributed by atoms with Crippen LogP contribution in [0.4, 0.5) is 0 Å². The molecule has 4 nitrogen and oxygen atoms in total. The summed E-state index contributed by atoms with van der Waals surface area (Å²) in [6.45, 7) is 4.44. The van der Waals surface area contributed by atoms with Gasteiger partial charge in [0, 0.05) is 5.92 Å². The molecule has 174 valence electrons. The minimum absolute atomic E-state index is 0. The number of hydrogen-bond donors (Lipinski definition) is 0. The monoisotopic (exact) mass is 470 g/mol. The van der Waals surface area contributed by atoms with E-state index in [-0.39, 0.29) is 63.9 Å². The smallest absolute Gasteiger partial charge is 0.726 e. The SMILES string of the molecule is CCCCCCC/C=C/C(CCCCCCCCCCCCC)COS(=O)(=O)[O-].[K+]. The van der Waals surface area contributed by atoms with E-state index in [1.54, 1.807) is 0 Å². The summed E-state index contributed by atoms with van der Waals surface area (Å²) in [5.74, 6) is 0.0212. The molecule has 0 aliphatic carbocycles. The first-order chi connectivity index (χ1) is 14.0. The second kappa shape index (κ2) is 24.9. The van der Waals surface area contributed by atoms with Gasteiger partial charge >= 0.3 is 51.4 Å². The fourth-order valence-corrected chi connectivity index (χ4v) is 3.97. The summed E-state index contributed by atoms with van der Waals surface area (Å²) in [6, 6.07) is 0. The molecule has 1 unspecified atom stereocenters. The number of rotatable bonds is 22. The summed E-state index contributed by atoms with van der Waals surface area (Å²) in [5, 5.41) is 0. The number of allylic oxidation sites excluding steroid dienone is 1. The molecule has 0 fully saturated rings. The molecule has 0 amide bonds. The molecule has 30 heavy (non-hydrogen) atoms. The van der Waals surface area contributed by atoms with E-state index in [0.717, 1.165) is 19.3 Å². The third kappa shape index (κ3) is 27.3. The quantitative estimate of drug-likeness (QED) is 0.0756. The van der Waals surface area contributed by atoms with Gasteiger partial charge in [-0.2, -0.15) is 0 Å². The number of unbranched alkanes of at least 4 members (excludes halogenated alkanes) is 15. The van der Waals surface area contributed by atoms with Crippen LogP contribution in [0, 0.1) is 5.92 Å². The summed E-state index contributed by atoms with van der Waals surface area (Å²) in [4.78, 5) is 0. The van der Waals surface area contributed by atoms with Crippen molar-refractivity contribution < 1.29 is 68.5 Å².